The van der Waals surface area contributed by atoms with Crippen LogP contribution in [0, 0.1) is 0 Å². The van der Waals surface area contributed by atoms with E-state index in [1.165, 1.54) is 17.1 Å². The number of benzene rings is 1. The van der Waals surface area contributed by atoms with Gasteiger partial charge >= 0.3 is 0 Å². The van der Waals surface area contributed by atoms with E-state index in [2.05, 4.69) is 0 Å². The zero-order valence-corrected chi connectivity index (χ0v) is 10.8. The predicted octanol–water partition coefficient (Wildman–Crippen LogP) is 0.423. The highest BCUT2D eigenvalue weighted by atomic mass is 16.2. The van der Waals surface area contributed by atoms with Crippen LogP contribution in [0.1, 0.15) is 24.4 Å². The molecule has 1 aliphatic heterocycles. The molecule has 6 nitrogen and oxygen atoms in total. The van der Waals surface area contributed by atoms with Gasteiger partial charge in [0, 0.05) is 18.6 Å². The second-order valence-corrected chi connectivity index (χ2v) is 4.41. The zero-order chi connectivity index (χ0) is 14.5. The zero-order valence-electron chi connectivity index (χ0n) is 10.8. The lowest BCUT2D eigenvalue weighted by atomic mass is 10.00. The average Bonchev–Trinajstić information content (AvgIpc) is 2.80. The van der Waals surface area contributed by atoms with Crippen LogP contribution in [-0.2, 0) is 14.4 Å². The molecule has 0 saturated heterocycles. The Balaban J connectivity index is 2.23. The maximum absolute atomic E-state index is 11.8. The van der Waals surface area contributed by atoms with Crippen LogP contribution in [0.4, 0.5) is 0 Å². The molecule has 1 aliphatic rings. The molecule has 1 aromatic rings. The molecule has 0 aromatic heterocycles. The van der Waals surface area contributed by atoms with Crippen molar-refractivity contribution in [3.63, 3.8) is 0 Å². The largest absolute Gasteiger partial charge is 0.294 e. The predicted molar refractivity (Wildman–Crippen MR) is 71.7 cm³/mol. The van der Waals surface area contributed by atoms with Crippen molar-refractivity contribution in [2.75, 3.05) is 0 Å². The Bertz CT molecular complexity index is 536. The summed E-state index contributed by atoms with van der Waals surface area (Å²) in [6, 6.07) is 8.67. The van der Waals surface area contributed by atoms with E-state index >= 15 is 0 Å². The molecule has 2 rings (SSSR count). The minimum absolute atomic E-state index is 0.132. The summed E-state index contributed by atoms with van der Waals surface area (Å²) in [4.78, 5) is 36.1. The van der Waals surface area contributed by atoms with Gasteiger partial charge in [-0.1, -0.05) is 30.3 Å². The first-order chi connectivity index (χ1) is 9.63. The number of carbonyl (C=O) groups is 3. The summed E-state index contributed by atoms with van der Waals surface area (Å²) in [6.45, 7) is 0. The highest BCUT2D eigenvalue weighted by molar-refractivity contribution is 6.13. The van der Waals surface area contributed by atoms with Crippen molar-refractivity contribution in [1.82, 2.24) is 10.3 Å². The van der Waals surface area contributed by atoms with Crippen molar-refractivity contribution in [3.8, 4) is 0 Å². The Labute approximate surface area is 116 Å². The third-order valence-corrected chi connectivity index (χ3v) is 3.15. The molecule has 3 N–H and O–H groups in total. The van der Waals surface area contributed by atoms with Gasteiger partial charge in [-0.25, -0.2) is 5.84 Å². The number of carbonyl (C=O) groups excluding carboxylic acids is 3. The summed E-state index contributed by atoms with van der Waals surface area (Å²) in [7, 11) is 0. The van der Waals surface area contributed by atoms with Gasteiger partial charge in [-0.15, -0.1) is 0 Å². The minimum atomic E-state index is -0.469. The fraction of sp³-hybridized carbons (Fsp3) is 0.214. The molecule has 0 radical (unpaired) electrons. The van der Waals surface area contributed by atoms with E-state index in [-0.39, 0.29) is 24.1 Å². The van der Waals surface area contributed by atoms with Gasteiger partial charge in [0.05, 0.1) is 6.04 Å². The number of imide groups is 1. The van der Waals surface area contributed by atoms with Crippen molar-refractivity contribution in [2.24, 2.45) is 5.84 Å². The maximum atomic E-state index is 11.8. The first-order valence-corrected chi connectivity index (χ1v) is 6.23. The number of nitrogens with one attached hydrogen (secondary N) is 1. The third kappa shape index (κ3) is 2.92. The molecule has 3 amide bonds. The fourth-order valence-electron chi connectivity index (χ4n) is 2.18. The molecule has 6 heteroatoms. The van der Waals surface area contributed by atoms with Gasteiger partial charge in [0.2, 0.25) is 5.91 Å². The summed E-state index contributed by atoms with van der Waals surface area (Å²) in [6.07, 6.45) is 2.93. The number of nitrogens with zero attached hydrogens (tertiary/aromatic N) is 1. The molecular weight excluding hydrogens is 258 g/mol. The van der Waals surface area contributed by atoms with Crippen LogP contribution in [-0.4, -0.2) is 22.6 Å². The van der Waals surface area contributed by atoms with E-state index in [1.54, 1.807) is 0 Å². The molecule has 1 atom stereocenters. The summed E-state index contributed by atoms with van der Waals surface area (Å²) in [5, 5.41) is 0. The Morgan fingerprint density at radius 3 is 2.30 bits per heavy atom. The molecule has 0 saturated carbocycles. The van der Waals surface area contributed by atoms with Crippen LogP contribution in [0.3, 0.4) is 0 Å². The standard InChI is InChI=1S/C14H15N3O3/c15-16-12(18)7-6-11(10-4-2-1-3-5-10)17-13(19)8-9-14(17)20/h1-5,8-9,11H,6-7,15H2,(H,16,18). The van der Waals surface area contributed by atoms with Crippen molar-refractivity contribution in [3.05, 3.63) is 48.0 Å². The van der Waals surface area contributed by atoms with Crippen LogP contribution in [0.2, 0.25) is 0 Å². The van der Waals surface area contributed by atoms with Crippen molar-refractivity contribution in [1.29, 1.82) is 0 Å². The molecular formula is C14H15N3O3. The number of hydrazine groups is 1. The molecule has 1 heterocycles. The van der Waals surface area contributed by atoms with Gasteiger partial charge in [0.15, 0.2) is 0 Å². The van der Waals surface area contributed by atoms with E-state index < -0.39 is 6.04 Å². The van der Waals surface area contributed by atoms with Crippen molar-refractivity contribution < 1.29 is 14.4 Å². The summed E-state index contributed by atoms with van der Waals surface area (Å²) in [5.74, 6) is 3.98. The molecule has 0 bridgehead atoms. The maximum Gasteiger partial charge on any atom is 0.254 e. The van der Waals surface area contributed by atoms with Gasteiger partial charge in [-0.2, -0.15) is 0 Å². The molecule has 1 aromatic carbocycles. The second kappa shape index (κ2) is 6.12. The topological polar surface area (TPSA) is 92.5 Å². The molecule has 0 spiro atoms. The van der Waals surface area contributed by atoms with Crippen molar-refractivity contribution in [2.45, 2.75) is 18.9 Å². The SMILES string of the molecule is NNC(=O)CCC(c1ccccc1)N1C(=O)C=CC1=O. The highest BCUT2D eigenvalue weighted by Gasteiger charge is 2.32. The number of rotatable bonds is 5. The highest BCUT2D eigenvalue weighted by Crippen LogP contribution is 2.28. The van der Waals surface area contributed by atoms with Crippen LogP contribution in [0.5, 0.6) is 0 Å². The van der Waals surface area contributed by atoms with E-state index in [4.69, 9.17) is 5.84 Å². The Morgan fingerprint density at radius 1 is 1.15 bits per heavy atom. The second-order valence-electron chi connectivity index (χ2n) is 4.41. The number of hydrogen-bond acceptors (Lipinski definition) is 4. The van der Waals surface area contributed by atoms with Crippen molar-refractivity contribution >= 4 is 17.7 Å². The molecule has 0 aliphatic carbocycles. The van der Waals surface area contributed by atoms with E-state index in [0.717, 1.165) is 5.56 Å². The first kappa shape index (κ1) is 14.0. The lowest BCUT2D eigenvalue weighted by Crippen LogP contribution is -2.36. The molecule has 104 valence electrons. The fourth-order valence-corrected chi connectivity index (χ4v) is 2.18. The quantitative estimate of drug-likeness (QED) is 0.352. The Morgan fingerprint density at radius 2 is 1.75 bits per heavy atom. The van der Waals surface area contributed by atoms with Gasteiger partial charge in [0.25, 0.3) is 11.8 Å². The number of hydrogen-bond donors (Lipinski definition) is 2. The van der Waals surface area contributed by atoms with E-state index in [9.17, 15) is 14.4 Å². The lowest BCUT2D eigenvalue weighted by Gasteiger charge is -2.26. The Kier molecular flexibility index (Phi) is 4.27. The molecule has 1 unspecified atom stereocenters. The van der Waals surface area contributed by atoms with Crippen LogP contribution in [0.25, 0.3) is 0 Å². The lowest BCUT2D eigenvalue weighted by molar-refractivity contribution is -0.140. The normalized spacial score (nSPS) is 15.6. The van der Waals surface area contributed by atoms with Gasteiger partial charge in [-0.05, 0) is 12.0 Å². The smallest absolute Gasteiger partial charge is 0.254 e. The number of amides is 3. The minimum Gasteiger partial charge on any atom is -0.294 e. The summed E-state index contributed by atoms with van der Waals surface area (Å²) >= 11 is 0. The Hall–Kier alpha value is -2.47. The van der Waals surface area contributed by atoms with Crippen LogP contribution in [0.15, 0.2) is 42.5 Å². The van der Waals surface area contributed by atoms with E-state index in [0.29, 0.717) is 6.42 Å². The molecule has 0 fully saturated rings. The average molecular weight is 273 g/mol. The number of nitrogens with two attached hydrogens (primary N) is 1. The van der Waals surface area contributed by atoms with Crippen LogP contribution < -0.4 is 11.3 Å². The summed E-state index contributed by atoms with van der Waals surface area (Å²) < 4.78 is 0. The third-order valence-electron chi connectivity index (χ3n) is 3.15. The monoisotopic (exact) mass is 273 g/mol. The van der Waals surface area contributed by atoms with E-state index in [1.807, 2.05) is 35.8 Å². The first-order valence-electron chi connectivity index (χ1n) is 6.23. The van der Waals surface area contributed by atoms with Crippen LogP contribution >= 0.6 is 0 Å². The molecule has 20 heavy (non-hydrogen) atoms. The van der Waals surface area contributed by atoms with Gasteiger partial charge < -0.3 is 0 Å². The van der Waals surface area contributed by atoms with Gasteiger partial charge in [-0.3, -0.25) is 24.7 Å². The summed E-state index contributed by atoms with van der Waals surface area (Å²) in [5.41, 5.74) is 2.85. The van der Waals surface area contributed by atoms with Gasteiger partial charge in [0.1, 0.15) is 0 Å².